The van der Waals surface area contributed by atoms with Crippen molar-refractivity contribution in [3.63, 3.8) is 0 Å². The van der Waals surface area contributed by atoms with Gasteiger partial charge < -0.3 is 14.4 Å². The third kappa shape index (κ3) is 4.79. The van der Waals surface area contributed by atoms with Gasteiger partial charge in [-0.15, -0.1) is 0 Å². The van der Waals surface area contributed by atoms with Gasteiger partial charge in [0.05, 0.1) is 6.10 Å². The predicted octanol–water partition coefficient (Wildman–Crippen LogP) is 5.91. The lowest BCUT2D eigenvalue weighted by molar-refractivity contribution is -0.137. The average molecular weight is 421 g/mol. The first-order valence-corrected chi connectivity index (χ1v) is 10.5. The molecule has 4 rings (SSSR count). The zero-order valence-corrected chi connectivity index (χ0v) is 17.0. The van der Waals surface area contributed by atoms with Crippen molar-refractivity contribution in [2.75, 3.05) is 11.9 Å². The second kappa shape index (κ2) is 8.70. The first-order valence-electron chi connectivity index (χ1n) is 10.5. The third-order valence-corrected chi connectivity index (χ3v) is 5.75. The van der Waals surface area contributed by atoms with Crippen molar-refractivity contribution < 1.29 is 22.6 Å². The molecule has 30 heavy (non-hydrogen) atoms. The maximum absolute atomic E-state index is 13.6. The molecule has 2 fully saturated rings. The standard InChI is InChI=1S/C22H26F3N3O2/c1-28(15-7-6-12-18(13-15)29-16-8-2-3-9-16)20-19(22(23,24)25)14-26-21(27-20)30-17-10-4-5-11-17/h6-7,12-14,16-17H,2-5,8-11H2,1H3. The monoisotopic (exact) mass is 421 g/mol. The number of alkyl halides is 3. The first kappa shape index (κ1) is 20.8. The van der Waals surface area contributed by atoms with Crippen LogP contribution in [0, 0.1) is 0 Å². The summed E-state index contributed by atoms with van der Waals surface area (Å²) >= 11 is 0. The van der Waals surface area contributed by atoms with Crippen molar-refractivity contribution in [3.8, 4) is 11.8 Å². The van der Waals surface area contributed by atoms with E-state index in [1.54, 1.807) is 25.2 Å². The van der Waals surface area contributed by atoms with Gasteiger partial charge in [0, 0.05) is 25.0 Å². The molecule has 0 amide bonds. The molecule has 2 saturated carbocycles. The maximum atomic E-state index is 13.6. The molecule has 0 aliphatic heterocycles. The van der Waals surface area contributed by atoms with Crippen molar-refractivity contribution in [2.45, 2.75) is 69.8 Å². The summed E-state index contributed by atoms with van der Waals surface area (Å²) in [7, 11) is 1.56. The van der Waals surface area contributed by atoms with Crippen LogP contribution < -0.4 is 14.4 Å². The fourth-order valence-corrected chi connectivity index (χ4v) is 4.11. The zero-order valence-electron chi connectivity index (χ0n) is 17.0. The summed E-state index contributed by atoms with van der Waals surface area (Å²) < 4.78 is 52.7. The van der Waals surface area contributed by atoms with Crippen LogP contribution in [-0.2, 0) is 6.18 Å². The van der Waals surface area contributed by atoms with Crippen molar-refractivity contribution in [1.29, 1.82) is 0 Å². The molecular formula is C22H26F3N3O2. The Morgan fingerprint density at radius 1 is 0.967 bits per heavy atom. The Bertz CT molecular complexity index is 863. The van der Waals surface area contributed by atoms with Crippen LogP contribution in [-0.4, -0.2) is 29.2 Å². The molecular weight excluding hydrogens is 395 g/mol. The minimum Gasteiger partial charge on any atom is -0.490 e. The molecule has 0 saturated heterocycles. The van der Waals surface area contributed by atoms with E-state index in [0.29, 0.717) is 11.4 Å². The molecule has 2 aromatic rings. The summed E-state index contributed by atoms with van der Waals surface area (Å²) in [5.41, 5.74) is -0.340. The van der Waals surface area contributed by atoms with Crippen molar-refractivity contribution in [3.05, 3.63) is 36.0 Å². The second-order valence-electron chi connectivity index (χ2n) is 7.99. The minimum absolute atomic E-state index is 0.0184. The molecule has 0 radical (unpaired) electrons. The topological polar surface area (TPSA) is 47.5 Å². The van der Waals surface area contributed by atoms with Gasteiger partial charge in [-0.2, -0.15) is 18.2 Å². The lowest BCUT2D eigenvalue weighted by Gasteiger charge is -2.24. The van der Waals surface area contributed by atoms with Gasteiger partial charge in [0.25, 0.3) is 0 Å². The molecule has 0 N–H and O–H groups in total. The molecule has 1 aromatic heterocycles. The number of hydrogen-bond donors (Lipinski definition) is 0. The molecule has 0 unspecified atom stereocenters. The van der Waals surface area contributed by atoms with Crippen LogP contribution in [0.1, 0.15) is 56.9 Å². The Kier molecular flexibility index (Phi) is 6.01. The van der Waals surface area contributed by atoms with E-state index in [1.165, 1.54) is 4.90 Å². The summed E-state index contributed by atoms with van der Waals surface area (Å²) in [6.45, 7) is 0. The van der Waals surface area contributed by atoms with E-state index in [-0.39, 0.29) is 24.0 Å². The van der Waals surface area contributed by atoms with Gasteiger partial charge in [0.2, 0.25) is 0 Å². The van der Waals surface area contributed by atoms with Crippen LogP contribution in [0.2, 0.25) is 0 Å². The van der Waals surface area contributed by atoms with Gasteiger partial charge in [-0.25, -0.2) is 4.98 Å². The highest BCUT2D eigenvalue weighted by molar-refractivity contribution is 5.64. The lowest BCUT2D eigenvalue weighted by Crippen LogP contribution is -2.21. The summed E-state index contributed by atoms with van der Waals surface area (Å²) in [4.78, 5) is 9.38. The van der Waals surface area contributed by atoms with Crippen LogP contribution in [0.25, 0.3) is 0 Å². The van der Waals surface area contributed by atoms with E-state index in [0.717, 1.165) is 57.6 Å². The summed E-state index contributed by atoms with van der Waals surface area (Å²) in [6.07, 6.45) is 4.50. The van der Waals surface area contributed by atoms with E-state index in [1.807, 2.05) is 6.07 Å². The number of aromatic nitrogens is 2. The predicted molar refractivity (Wildman–Crippen MR) is 107 cm³/mol. The number of rotatable bonds is 6. The van der Waals surface area contributed by atoms with Gasteiger partial charge in [-0.05, 0) is 63.5 Å². The Balaban J connectivity index is 1.61. The number of benzene rings is 1. The van der Waals surface area contributed by atoms with Gasteiger partial charge in [-0.1, -0.05) is 6.07 Å². The molecule has 5 nitrogen and oxygen atoms in total. The second-order valence-corrected chi connectivity index (χ2v) is 7.99. The van der Waals surface area contributed by atoms with Crippen LogP contribution in [0.5, 0.6) is 11.8 Å². The van der Waals surface area contributed by atoms with E-state index >= 15 is 0 Å². The zero-order chi connectivity index (χ0) is 21.1. The van der Waals surface area contributed by atoms with E-state index < -0.39 is 11.7 Å². The van der Waals surface area contributed by atoms with Crippen molar-refractivity contribution in [1.82, 2.24) is 9.97 Å². The average Bonchev–Trinajstić information content (AvgIpc) is 3.41. The van der Waals surface area contributed by atoms with Crippen LogP contribution >= 0.6 is 0 Å². The Labute approximate surface area is 174 Å². The van der Waals surface area contributed by atoms with Gasteiger partial charge >= 0.3 is 12.2 Å². The normalized spacial score (nSPS) is 18.0. The summed E-state index contributed by atoms with van der Waals surface area (Å²) in [5, 5.41) is 0. The highest BCUT2D eigenvalue weighted by Crippen LogP contribution is 2.39. The summed E-state index contributed by atoms with van der Waals surface area (Å²) in [5.74, 6) is 0.416. The van der Waals surface area contributed by atoms with Crippen molar-refractivity contribution in [2.24, 2.45) is 0 Å². The molecule has 1 aromatic carbocycles. The fourth-order valence-electron chi connectivity index (χ4n) is 4.11. The number of nitrogens with zero attached hydrogens (tertiary/aromatic N) is 3. The van der Waals surface area contributed by atoms with Crippen LogP contribution in [0.4, 0.5) is 24.7 Å². The Hall–Kier alpha value is -2.51. The SMILES string of the molecule is CN(c1cccc(OC2CCCC2)c1)c1nc(OC2CCCC2)ncc1C(F)(F)F. The van der Waals surface area contributed by atoms with Crippen LogP contribution in [0.3, 0.4) is 0 Å². The fraction of sp³-hybridized carbons (Fsp3) is 0.545. The smallest absolute Gasteiger partial charge is 0.421 e. The van der Waals surface area contributed by atoms with E-state index in [4.69, 9.17) is 9.47 Å². The third-order valence-electron chi connectivity index (χ3n) is 5.75. The molecule has 0 spiro atoms. The number of anilines is 2. The molecule has 0 atom stereocenters. The molecule has 2 aliphatic rings. The number of ether oxygens (including phenoxy) is 2. The Morgan fingerprint density at radius 3 is 2.23 bits per heavy atom. The molecule has 0 bridgehead atoms. The molecule has 1 heterocycles. The molecule has 162 valence electrons. The Morgan fingerprint density at radius 2 is 1.60 bits per heavy atom. The summed E-state index contributed by atoms with van der Waals surface area (Å²) in [6, 6.07) is 7.07. The highest BCUT2D eigenvalue weighted by atomic mass is 19.4. The molecule has 2 aliphatic carbocycles. The number of halogens is 3. The largest absolute Gasteiger partial charge is 0.490 e. The van der Waals surface area contributed by atoms with E-state index in [2.05, 4.69) is 9.97 Å². The quantitative estimate of drug-likeness (QED) is 0.581. The number of hydrogen-bond acceptors (Lipinski definition) is 5. The van der Waals surface area contributed by atoms with E-state index in [9.17, 15) is 13.2 Å². The van der Waals surface area contributed by atoms with Gasteiger partial charge in [0.15, 0.2) is 5.82 Å². The highest BCUT2D eigenvalue weighted by Gasteiger charge is 2.37. The maximum Gasteiger partial charge on any atom is 0.421 e. The lowest BCUT2D eigenvalue weighted by atomic mass is 10.2. The van der Waals surface area contributed by atoms with Crippen molar-refractivity contribution >= 4 is 11.5 Å². The van der Waals surface area contributed by atoms with Gasteiger partial charge in [0.1, 0.15) is 17.4 Å². The van der Waals surface area contributed by atoms with Gasteiger partial charge in [-0.3, -0.25) is 0 Å². The van der Waals surface area contributed by atoms with Crippen LogP contribution in [0.15, 0.2) is 30.5 Å². The molecule has 8 heteroatoms. The minimum atomic E-state index is -4.58. The first-order chi connectivity index (χ1) is 14.4.